The average Bonchev–Trinajstić information content (AvgIpc) is 3.61. The van der Waals surface area contributed by atoms with Crippen molar-refractivity contribution in [2.75, 3.05) is 9.80 Å². The number of benzene rings is 7. The highest BCUT2D eigenvalue weighted by molar-refractivity contribution is 6.99. The number of hydrogen-bond acceptors (Lipinski definition) is 2. The molecule has 2 aliphatic heterocycles. The van der Waals surface area contributed by atoms with Crippen LogP contribution < -0.4 is 26.2 Å². The minimum atomic E-state index is -0.0279. The standard InChI is InChI=1S/C72H83BN2/c1-45-40-54-62-61-55(71(15)36-20-21-37-72(62,71)16)44-56-63(70(13,14)39-38-69(56,11)12)65(61)73-57-34-33-52(74(50-29-24-47(25-30-50)66(2,3)4)51-31-26-48(27-32-51)67(5,6)7)43-59(57)75(60(41-45)64(54)73)58-35-28-49(68(8,9)10)42-53(58)46-22-18-17-19-23-46/h17-19,22-35,40-44,62H,20-21,36-39H2,1-16H3. The van der Waals surface area contributed by atoms with Gasteiger partial charge in [-0.25, -0.2) is 0 Å². The Kier molecular flexibility index (Phi) is 11.1. The Bertz CT molecular complexity index is 3370. The van der Waals surface area contributed by atoms with Crippen LogP contribution in [-0.2, 0) is 32.5 Å². The molecule has 7 aromatic carbocycles. The minimum absolute atomic E-state index is 0.0213. The second-order valence-electron chi connectivity index (χ2n) is 28.9. The van der Waals surface area contributed by atoms with Crippen molar-refractivity contribution in [2.45, 2.75) is 188 Å². The second kappa shape index (κ2) is 16.6. The van der Waals surface area contributed by atoms with Crippen molar-refractivity contribution >= 4 is 57.2 Å². The van der Waals surface area contributed by atoms with Crippen LogP contribution in [0.3, 0.4) is 0 Å². The number of aryl methyl sites for hydroxylation is 1. The van der Waals surface area contributed by atoms with Gasteiger partial charge in [-0.05, 0) is 192 Å². The Hall–Kier alpha value is -5.80. The van der Waals surface area contributed by atoms with Crippen molar-refractivity contribution in [1.29, 1.82) is 0 Å². The summed E-state index contributed by atoms with van der Waals surface area (Å²) in [5.41, 5.74) is 28.4. The highest BCUT2D eigenvalue weighted by atomic mass is 15.2. The first-order chi connectivity index (χ1) is 35.2. The van der Waals surface area contributed by atoms with E-state index in [1.54, 1.807) is 38.7 Å². The molecule has 3 unspecified atom stereocenters. The third kappa shape index (κ3) is 7.53. The Balaban J connectivity index is 1.21. The van der Waals surface area contributed by atoms with Crippen molar-refractivity contribution in [2.24, 2.45) is 5.41 Å². The highest BCUT2D eigenvalue weighted by Crippen LogP contribution is 2.68. The lowest BCUT2D eigenvalue weighted by Crippen LogP contribution is -2.64. The summed E-state index contributed by atoms with van der Waals surface area (Å²) in [5.74, 6) is 0.325. The molecule has 12 rings (SSSR count). The predicted molar refractivity (Wildman–Crippen MR) is 324 cm³/mol. The Morgan fingerprint density at radius 3 is 1.69 bits per heavy atom. The van der Waals surface area contributed by atoms with Crippen molar-refractivity contribution in [1.82, 2.24) is 0 Å². The summed E-state index contributed by atoms with van der Waals surface area (Å²) < 4.78 is 0. The van der Waals surface area contributed by atoms with Gasteiger partial charge in [0.15, 0.2) is 0 Å². The molecule has 2 heterocycles. The number of fused-ring (bicyclic) bond motifs is 9. The maximum absolute atomic E-state index is 2.82. The lowest BCUT2D eigenvalue weighted by Gasteiger charge is -2.51. The second-order valence-corrected chi connectivity index (χ2v) is 28.9. The Morgan fingerprint density at radius 1 is 0.507 bits per heavy atom. The molecule has 7 aromatic rings. The van der Waals surface area contributed by atoms with Crippen molar-refractivity contribution in [3.05, 3.63) is 184 Å². The fraction of sp³-hybridized carbons (Fsp3) is 0.417. The van der Waals surface area contributed by atoms with Gasteiger partial charge < -0.3 is 9.80 Å². The Labute approximate surface area is 452 Å². The molecule has 3 atom stereocenters. The topological polar surface area (TPSA) is 6.48 Å². The van der Waals surface area contributed by atoms with E-state index in [1.807, 2.05) is 0 Å². The molecule has 2 nitrogen and oxygen atoms in total. The third-order valence-corrected chi connectivity index (χ3v) is 20.1. The van der Waals surface area contributed by atoms with Gasteiger partial charge in [0.2, 0.25) is 6.71 Å². The van der Waals surface area contributed by atoms with Gasteiger partial charge in [-0.15, -0.1) is 0 Å². The molecular weight excluding hydrogens is 904 g/mol. The summed E-state index contributed by atoms with van der Waals surface area (Å²) in [4.78, 5) is 5.26. The van der Waals surface area contributed by atoms with E-state index in [9.17, 15) is 0 Å². The maximum Gasteiger partial charge on any atom is 0.247 e. The number of hydrogen-bond donors (Lipinski definition) is 0. The van der Waals surface area contributed by atoms with Gasteiger partial charge in [-0.2, -0.15) is 0 Å². The van der Waals surface area contributed by atoms with Crippen LogP contribution in [0.4, 0.5) is 34.1 Å². The summed E-state index contributed by atoms with van der Waals surface area (Å²) >= 11 is 0. The first kappa shape index (κ1) is 50.0. The molecule has 0 bridgehead atoms. The fourth-order valence-electron chi connectivity index (χ4n) is 15.4. The van der Waals surface area contributed by atoms with Crippen LogP contribution in [0.15, 0.2) is 133 Å². The summed E-state index contributed by atoms with van der Waals surface area (Å²) in [6.07, 6.45) is 7.50. The molecule has 0 aromatic heterocycles. The van der Waals surface area contributed by atoms with Crippen molar-refractivity contribution in [3.63, 3.8) is 0 Å². The van der Waals surface area contributed by atoms with Gasteiger partial charge in [-0.1, -0.05) is 201 Å². The molecule has 75 heavy (non-hydrogen) atoms. The van der Waals surface area contributed by atoms with E-state index in [-0.39, 0.29) is 44.6 Å². The van der Waals surface area contributed by atoms with E-state index in [0.717, 1.165) is 17.1 Å². The van der Waals surface area contributed by atoms with Crippen LogP contribution in [0.25, 0.3) is 11.1 Å². The first-order valence-electron chi connectivity index (χ1n) is 28.7. The van der Waals surface area contributed by atoms with Crippen LogP contribution in [0.5, 0.6) is 0 Å². The molecule has 0 spiro atoms. The van der Waals surface area contributed by atoms with Crippen LogP contribution in [-0.4, -0.2) is 6.71 Å². The fourth-order valence-corrected chi connectivity index (χ4v) is 15.4. The molecular formula is C72H83BN2. The maximum atomic E-state index is 2.82. The predicted octanol–water partition coefficient (Wildman–Crippen LogP) is 18.0. The van der Waals surface area contributed by atoms with Crippen LogP contribution in [0.2, 0.25) is 0 Å². The molecule has 5 aliphatic rings. The monoisotopic (exact) mass is 987 g/mol. The molecule has 1 saturated carbocycles. The van der Waals surface area contributed by atoms with E-state index in [2.05, 4.69) is 254 Å². The molecule has 0 radical (unpaired) electrons. The zero-order valence-corrected chi connectivity index (χ0v) is 48.5. The average molecular weight is 987 g/mol. The lowest BCUT2D eigenvalue weighted by molar-refractivity contribution is 0.0925. The van der Waals surface area contributed by atoms with E-state index >= 15 is 0 Å². The SMILES string of the molecule is Cc1cc2c3c(c1)N(c1ccc(C(C)(C)C)cc1-c1ccccc1)c1cc(N(c4ccc(C(C)(C)C)cc4)c4ccc(C(C)(C)C)cc4)ccc1B3c1c3c(cc4c1C(C)(C)CCC4(C)C)C1(C)CCCCC1(C)C23. The molecule has 3 heteroatoms. The molecule has 3 aliphatic carbocycles. The van der Waals surface area contributed by atoms with Gasteiger partial charge in [0.1, 0.15) is 0 Å². The lowest BCUT2D eigenvalue weighted by atomic mass is 9.29. The minimum Gasteiger partial charge on any atom is -0.311 e. The molecule has 0 amide bonds. The quantitative estimate of drug-likeness (QED) is 0.159. The van der Waals surface area contributed by atoms with Gasteiger partial charge in [-0.3, -0.25) is 0 Å². The van der Waals surface area contributed by atoms with Crippen LogP contribution in [0.1, 0.15) is 198 Å². The van der Waals surface area contributed by atoms with E-state index in [1.165, 1.54) is 94.4 Å². The number of rotatable bonds is 5. The third-order valence-electron chi connectivity index (χ3n) is 20.1. The van der Waals surface area contributed by atoms with Crippen LogP contribution >= 0.6 is 0 Å². The van der Waals surface area contributed by atoms with Gasteiger partial charge >= 0.3 is 0 Å². The van der Waals surface area contributed by atoms with E-state index in [4.69, 9.17) is 0 Å². The molecule has 384 valence electrons. The summed E-state index contributed by atoms with van der Waals surface area (Å²) in [7, 11) is 0. The molecule has 0 N–H and O–H groups in total. The summed E-state index contributed by atoms with van der Waals surface area (Å²) in [6.45, 7) is 39.1. The molecule has 0 saturated heterocycles. The molecule has 1 fully saturated rings. The Morgan fingerprint density at radius 2 is 1.08 bits per heavy atom. The van der Waals surface area contributed by atoms with Crippen LogP contribution in [0, 0.1) is 12.3 Å². The largest absolute Gasteiger partial charge is 0.311 e. The zero-order chi connectivity index (χ0) is 53.2. The summed E-state index contributed by atoms with van der Waals surface area (Å²) in [6, 6.07) is 53.1. The first-order valence-corrected chi connectivity index (χ1v) is 28.7. The van der Waals surface area contributed by atoms with Gasteiger partial charge in [0, 0.05) is 39.9 Å². The number of anilines is 6. The van der Waals surface area contributed by atoms with Crippen molar-refractivity contribution in [3.8, 4) is 11.1 Å². The zero-order valence-electron chi connectivity index (χ0n) is 48.5. The highest BCUT2D eigenvalue weighted by Gasteiger charge is 2.64. The van der Waals surface area contributed by atoms with Gasteiger partial charge in [0.25, 0.3) is 0 Å². The normalized spacial score (nSPS) is 21.9. The van der Waals surface area contributed by atoms with E-state index in [0.29, 0.717) is 5.92 Å². The van der Waals surface area contributed by atoms with Gasteiger partial charge in [0.05, 0.1) is 5.69 Å². The van der Waals surface area contributed by atoms with E-state index < -0.39 is 0 Å². The summed E-state index contributed by atoms with van der Waals surface area (Å²) in [5, 5.41) is 0. The smallest absolute Gasteiger partial charge is 0.247 e. The van der Waals surface area contributed by atoms with Crippen molar-refractivity contribution < 1.29 is 0 Å². The number of nitrogens with zero attached hydrogens (tertiary/aromatic N) is 2.